The van der Waals surface area contributed by atoms with Crippen LogP contribution in [0.3, 0.4) is 0 Å². The van der Waals surface area contributed by atoms with Gasteiger partial charge in [0.1, 0.15) is 0 Å². The fraction of sp³-hybridized carbons (Fsp3) is 0.348. The Morgan fingerprint density at radius 2 is 1.02 bits per heavy atom. The molecule has 0 amide bonds. The van der Waals surface area contributed by atoms with Crippen molar-refractivity contribution in [2.24, 2.45) is 0 Å². The second-order valence-corrected chi connectivity index (χ2v) is 20.9. The first-order valence-electron chi connectivity index (χ1n) is 17.9. The van der Waals surface area contributed by atoms with E-state index in [1.165, 1.54) is 87.7 Å². The van der Waals surface area contributed by atoms with Gasteiger partial charge in [-0.25, -0.2) is 0 Å². The van der Waals surface area contributed by atoms with Crippen molar-refractivity contribution >= 4 is 48.1 Å². The first-order chi connectivity index (χ1) is 23.6. The van der Waals surface area contributed by atoms with Crippen LogP contribution in [-0.2, 0) is 31.7 Å². The summed E-state index contributed by atoms with van der Waals surface area (Å²) >= 11 is -0.826. The zero-order valence-electron chi connectivity index (χ0n) is 32.1. The van der Waals surface area contributed by atoms with Gasteiger partial charge in [0.15, 0.2) is 0 Å². The van der Waals surface area contributed by atoms with E-state index in [1.54, 1.807) is 0 Å². The van der Waals surface area contributed by atoms with Crippen molar-refractivity contribution in [3.8, 4) is 22.3 Å². The van der Waals surface area contributed by atoms with Crippen LogP contribution in [0.25, 0.3) is 43.8 Å². The van der Waals surface area contributed by atoms with E-state index in [0.29, 0.717) is 5.92 Å². The number of fused-ring (bicyclic) bond motifs is 2. The summed E-state index contributed by atoms with van der Waals surface area (Å²) in [5, 5.41) is 5.41. The average molecular weight is 799 g/mol. The molecular weight excluding hydrogens is 743 g/mol. The van der Waals surface area contributed by atoms with Crippen LogP contribution < -0.4 is 0 Å². The molecule has 0 saturated heterocycles. The van der Waals surface area contributed by atoms with E-state index < -0.39 is 20.8 Å². The van der Waals surface area contributed by atoms with Crippen molar-refractivity contribution < 1.29 is 20.8 Å². The van der Waals surface area contributed by atoms with Gasteiger partial charge in [0, 0.05) is 9.52 Å². The number of rotatable bonds is 5. The number of hydrogen-bond acceptors (Lipinski definition) is 0. The Kier molecular flexibility index (Phi) is 16.5. The molecule has 6 rings (SSSR count). The molecule has 0 N–H and O–H groups in total. The average Bonchev–Trinajstić information content (AvgIpc) is 3.69. The zero-order chi connectivity index (χ0) is 37.1. The van der Waals surface area contributed by atoms with E-state index >= 15 is 0 Å². The van der Waals surface area contributed by atoms with Crippen LogP contribution in [0.1, 0.15) is 97.4 Å². The Bertz CT molecular complexity index is 1880. The van der Waals surface area contributed by atoms with Crippen molar-refractivity contribution in [1.82, 2.24) is 0 Å². The second kappa shape index (κ2) is 19.6. The van der Waals surface area contributed by atoms with Crippen LogP contribution in [0.5, 0.6) is 0 Å². The Hall–Kier alpha value is -2.22. The van der Waals surface area contributed by atoms with Gasteiger partial charge in [-0.05, 0) is 39.0 Å². The molecule has 0 unspecified atom stereocenters. The summed E-state index contributed by atoms with van der Waals surface area (Å²) in [6, 6.07) is 43.2. The topological polar surface area (TPSA) is 0 Å². The third-order valence-corrected chi connectivity index (χ3v) is 9.96. The number of aryl methyl sites for hydroxylation is 1. The molecule has 0 aromatic heterocycles. The van der Waals surface area contributed by atoms with Crippen molar-refractivity contribution in [2.75, 3.05) is 0 Å². The predicted octanol–water partition coefficient (Wildman–Crippen LogP) is 15.4. The Balaban J connectivity index is 0.000000224. The summed E-state index contributed by atoms with van der Waals surface area (Å²) in [4.78, 5) is 0. The minimum absolute atomic E-state index is 0.204. The Morgan fingerprint density at radius 3 is 1.38 bits per heavy atom. The molecular formula is C46H56Cl2SiZr. The molecule has 2 radical (unpaired) electrons. The van der Waals surface area contributed by atoms with E-state index in [4.69, 9.17) is 17.0 Å². The molecule has 0 heterocycles. The van der Waals surface area contributed by atoms with Crippen LogP contribution in [0, 0.1) is 6.92 Å². The van der Waals surface area contributed by atoms with Crippen LogP contribution >= 0.6 is 17.0 Å². The first kappa shape index (κ1) is 42.2. The minimum atomic E-state index is -0.826. The summed E-state index contributed by atoms with van der Waals surface area (Å²) in [5.74, 6) is 0.573. The van der Waals surface area contributed by atoms with Gasteiger partial charge >= 0.3 is 37.9 Å². The third kappa shape index (κ3) is 11.9. The predicted molar refractivity (Wildman–Crippen MR) is 225 cm³/mol. The van der Waals surface area contributed by atoms with Gasteiger partial charge in [-0.1, -0.05) is 160 Å². The maximum atomic E-state index is 4.93. The van der Waals surface area contributed by atoms with Gasteiger partial charge < -0.3 is 0 Å². The number of hydrogen-bond donors (Lipinski definition) is 0. The molecule has 0 spiro atoms. The van der Waals surface area contributed by atoms with Gasteiger partial charge in [0.25, 0.3) is 0 Å². The monoisotopic (exact) mass is 796 g/mol. The molecule has 0 bridgehead atoms. The van der Waals surface area contributed by atoms with Crippen LogP contribution in [-0.4, -0.2) is 9.52 Å². The molecule has 0 nitrogen and oxygen atoms in total. The van der Waals surface area contributed by atoms with E-state index in [-0.39, 0.29) is 10.8 Å². The molecule has 6 aromatic carbocycles. The van der Waals surface area contributed by atoms with Crippen molar-refractivity contribution in [1.29, 1.82) is 0 Å². The molecule has 0 saturated carbocycles. The summed E-state index contributed by atoms with van der Waals surface area (Å²) < 4.78 is 0. The van der Waals surface area contributed by atoms with E-state index in [1.807, 2.05) is 0 Å². The molecule has 4 heteroatoms. The molecule has 0 aliphatic heterocycles. The Labute approximate surface area is 325 Å². The SMILES string of the molecule is CC(C)c1cc2c(-c3ccc(C(C)(C)C)cc3)cccc2[cH-]1.CC[Si]CC.Cc1cc2c(-c3ccc(C(C)(C)C)cc3)cccc2[cH-]1.[Cl][Zr+2][Cl]. The van der Waals surface area contributed by atoms with Gasteiger partial charge in [0.2, 0.25) is 0 Å². The molecule has 0 aliphatic carbocycles. The molecule has 262 valence electrons. The maximum absolute atomic E-state index is 4.93. The van der Waals surface area contributed by atoms with Gasteiger partial charge in [-0.2, -0.15) is 12.1 Å². The summed E-state index contributed by atoms with van der Waals surface area (Å²) in [6.45, 7) is 24.7. The second-order valence-electron chi connectivity index (χ2n) is 15.3. The zero-order valence-corrected chi connectivity index (χ0v) is 37.1. The number of halogens is 2. The van der Waals surface area contributed by atoms with Gasteiger partial charge in [-0.15, -0.1) is 69.1 Å². The summed E-state index contributed by atoms with van der Waals surface area (Å²) in [7, 11) is 11.1. The van der Waals surface area contributed by atoms with E-state index in [2.05, 4.69) is 185 Å². The third-order valence-electron chi connectivity index (χ3n) is 8.96. The van der Waals surface area contributed by atoms with Gasteiger partial charge in [-0.3, -0.25) is 0 Å². The van der Waals surface area contributed by atoms with Crippen molar-refractivity contribution in [2.45, 2.75) is 105 Å². The van der Waals surface area contributed by atoms with E-state index in [0.717, 1.165) is 0 Å². The number of benzene rings is 4. The molecule has 50 heavy (non-hydrogen) atoms. The fourth-order valence-corrected chi connectivity index (χ4v) is 6.53. The molecule has 6 aromatic rings. The van der Waals surface area contributed by atoms with Crippen LogP contribution in [0.15, 0.2) is 109 Å². The summed E-state index contributed by atoms with van der Waals surface area (Å²) in [6.07, 6.45) is 0. The van der Waals surface area contributed by atoms with Crippen molar-refractivity contribution in [3.63, 3.8) is 0 Å². The quantitative estimate of drug-likeness (QED) is 0.120. The van der Waals surface area contributed by atoms with Crippen LogP contribution in [0.2, 0.25) is 12.1 Å². The summed E-state index contributed by atoms with van der Waals surface area (Å²) in [5.41, 5.74) is 11.2. The Morgan fingerprint density at radius 1 is 0.620 bits per heavy atom. The first-order valence-corrected chi connectivity index (χ1v) is 25.6. The molecule has 0 aliphatic rings. The van der Waals surface area contributed by atoms with E-state index in [9.17, 15) is 0 Å². The molecule has 0 atom stereocenters. The molecule has 0 fully saturated rings. The van der Waals surface area contributed by atoms with Crippen LogP contribution in [0.4, 0.5) is 0 Å². The van der Waals surface area contributed by atoms with Gasteiger partial charge in [0.05, 0.1) is 0 Å². The normalized spacial score (nSPS) is 11.2. The van der Waals surface area contributed by atoms with Crippen molar-refractivity contribution in [3.05, 3.63) is 131 Å². The standard InChI is InChI=1S/C22H25.C20H21.C4H10Si.2ClH.Zr/c1-15(2)18-13-17-7-6-8-20(21(17)14-18)16-9-11-19(12-10-16)22(3,4)5;1-14-12-16-6-5-7-18(19(16)13-14)15-8-10-17(11-9-15)20(2,3)4;1-3-5-4-2;;;/h6-15H,1-5H3;5-13H,1-4H3;3-4H2,1-2H3;2*1H;/q2*-1;;;;+4/p-2. The fourth-order valence-electron chi connectivity index (χ4n) is 6.03.